The van der Waals surface area contributed by atoms with Crippen molar-refractivity contribution in [2.45, 2.75) is 20.4 Å². The minimum absolute atomic E-state index is 0.202. The Morgan fingerprint density at radius 1 is 1.00 bits per heavy atom. The van der Waals surface area contributed by atoms with E-state index in [-0.39, 0.29) is 5.91 Å². The lowest BCUT2D eigenvalue weighted by atomic mass is 10.00. The normalized spacial score (nSPS) is 11.5. The number of nitrogens with two attached hydrogens (primary N) is 1. The van der Waals surface area contributed by atoms with Gasteiger partial charge in [-0.2, -0.15) is 0 Å². The fourth-order valence-corrected chi connectivity index (χ4v) is 6.80. The molecule has 7 nitrogen and oxygen atoms in total. The van der Waals surface area contributed by atoms with Crippen LogP contribution in [0.15, 0.2) is 84.4 Å². The Labute approximate surface area is 255 Å². The van der Waals surface area contributed by atoms with Gasteiger partial charge in [-0.05, 0) is 65.5 Å². The Morgan fingerprint density at radius 2 is 1.79 bits per heavy atom. The molecular weight excluding hydrogens is 554 g/mol. The van der Waals surface area contributed by atoms with Gasteiger partial charge in [-0.25, -0.2) is 4.98 Å². The first-order chi connectivity index (χ1) is 20.9. The summed E-state index contributed by atoms with van der Waals surface area (Å²) in [7, 11) is 3.50. The standard InChI is InChI=1S/C35H35N5O2S/c1-5-40(6-2)20-22-10-9-12-23(16-22)26-19-37-34(36)32-27(21-43-33(26)32)24-14-15-28(31(18-24)42-4)38-35(41)30-17-25-11-7-8-13-29(25)39(30)3/h7-19,21H,5-6,20H2,1-4H3,(H2,36,37)(H,38,41). The molecule has 0 aliphatic rings. The molecule has 1 amide bonds. The summed E-state index contributed by atoms with van der Waals surface area (Å²) < 4.78 is 8.73. The molecule has 218 valence electrons. The summed E-state index contributed by atoms with van der Waals surface area (Å²) in [5, 5.41) is 7.09. The van der Waals surface area contributed by atoms with E-state index in [4.69, 9.17) is 10.5 Å². The Morgan fingerprint density at radius 3 is 2.56 bits per heavy atom. The average molecular weight is 590 g/mol. The van der Waals surface area contributed by atoms with Crippen LogP contribution in [0.4, 0.5) is 11.5 Å². The molecule has 0 saturated heterocycles. The van der Waals surface area contributed by atoms with Gasteiger partial charge in [0.1, 0.15) is 17.3 Å². The van der Waals surface area contributed by atoms with Gasteiger partial charge in [0, 0.05) is 51.9 Å². The summed E-state index contributed by atoms with van der Waals surface area (Å²) in [6.07, 6.45) is 1.88. The van der Waals surface area contributed by atoms with Crippen LogP contribution >= 0.6 is 11.3 Å². The number of ether oxygens (including phenoxy) is 1. The highest BCUT2D eigenvalue weighted by Gasteiger charge is 2.19. The summed E-state index contributed by atoms with van der Waals surface area (Å²) in [5.74, 6) is 0.851. The van der Waals surface area contributed by atoms with Crippen molar-refractivity contribution in [3.63, 3.8) is 0 Å². The lowest BCUT2D eigenvalue weighted by molar-refractivity contribution is 0.101. The van der Waals surface area contributed by atoms with Crippen LogP contribution in [0.1, 0.15) is 29.9 Å². The number of benzene rings is 3. The summed E-state index contributed by atoms with van der Waals surface area (Å²) >= 11 is 1.66. The number of carbonyl (C=O) groups is 1. The van der Waals surface area contributed by atoms with E-state index in [1.807, 2.05) is 66.3 Å². The molecule has 3 aromatic heterocycles. The lowest BCUT2D eigenvalue weighted by Gasteiger charge is -2.18. The van der Waals surface area contributed by atoms with E-state index in [2.05, 4.69) is 58.7 Å². The summed E-state index contributed by atoms with van der Waals surface area (Å²) in [6.45, 7) is 7.31. The molecule has 0 bridgehead atoms. The molecule has 3 heterocycles. The highest BCUT2D eigenvalue weighted by molar-refractivity contribution is 7.18. The van der Waals surface area contributed by atoms with E-state index in [1.54, 1.807) is 18.4 Å². The van der Waals surface area contributed by atoms with Crippen molar-refractivity contribution in [3.05, 3.63) is 95.6 Å². The minimum atomic E-state index is -0.202. The molecule has 0 radical (unpaired) electrons. The van der Waals surface area contributed by atoms with Crippen molar-refractivity contribution < 1.29 is 9.53 Å². The van der Waals surface area contributed by atoms with Crippen LogP contribution < -0.4 is 15.8 Å². The van der Waals surface area contributed by atoms with E-state index < -0.39 is 0 Å². The second-order valence-corrected chi connectivity index (χ2v) is 11.5. The predicted molar refractivity (Wildman–Crippen MR) is 179 cm³/mol. The third kappa shape index (κ3) is 5.35. The topological polar surface area (TPSA) is 85.4 Å². The van der Waals surface area contributed by atoms with E-state index in [1.165, 1.54) is 5.56 Å². The molecule has 0 unspecified atom stereocenters. The van der Waals surface area contributed by atoms with Crippen molar-refractivity contribution >= 4 is 49.7 Å². The van der Waals surface area contributed by atoms with Gasteiger partial charge in [0.15, 0.2) is 0 Å². The third-order valence-electron chi connectivity index (χ3n) is 8.11. The van der Waals surface area contributed by atoms with Crippen LogP contribution in [-0.2, 0) is 13.6 Å². The number of fused-ring (bicyclic) bond motifs is 2. The zero-order valence-electron chi connectivity index (χ0n) is 24.8. The van der Waals surface area contributed by atoms with Crippen molar-refractivity contribution in [2.24, 2.45) is 7.05 Å². The third-order valence-corrected chi connectivity index (χ3v) is 9.12. The van der Waals surface area contributed by atoms with Gasteiger partial charge >= 0.3 is 0 Å². The van der Waals surface area contributed by atoms with E-state index in [9.17, 15) is 4.79 Å². The van der Waals surface area contributed by atoms with Crippen molar-refractivity contribution in [3.8, 4) is 28.0 Å². The fourth-order valence-electron chi connectivity index (χ4n) is 5.68. The van der Waals surface area contributed by atoms with Crippen LogP contribution in [0.2, 0.25) is 0 Å². The number of anilines is 2. The van der Waals surface area contributed by atoms with Crippen LogP contribution in [0, 0.1) is 0 Å². The Bertz CT molecular complexity index is 1950. The lowest BCUT2D eigenvalue weighted by Crippen LogP contribution is -2.22. The quantitative estimate of drug-likeness (QED) is 0.180. The van der Waals surface area contributed by atoms with E-state index in [0.717, 1.165) is 62.9 Å². The highest BCUT2D eigenvalue weighted by Crippen LogP contribution is 2.43. The number of thiophene rings is 1. The Kier molecular flexibility index (Phi) is 7.88. The SMILES string of the molecule is CCN(CC)Cc1cccc(-c2cnc(N)c3c(-c4ccc(NC(=O)c5cc6ccccc6n5C)c(OC)c4)csc23)c1. The van der Waals surface area contributed by atoms with Crippen molar-refractivity contribution in [1.82, 2.24) is 14.5 Å². The summed E-state index contributed by atoms with van der Waals surface area (Å²) in [6, 6.07) is 24.3. The van der Waals surface area contributed by atoms with Crippen molar-refractivity contribution in [2.75, 3.05) is 31.2 Å². The molecule has 0 aliphatic carbocycles. The molecule has 6 aromatic rings. The molecule has 0 spiro atoms. The van der Waals surface area contributed by atoms with Crippen LogP contribution in [-0.4, -0.2) is 40.6 Å². The predicted octanol–water partition coefficient (Wildman–Crippen LogP) is 7.81. The van der Waals surface area contributed by atoms with Gasteiger partial charge < -0.3 is 20.4 Å². The second-order valence-electron chi connectivity index (χ2n) is 10.6. The molecule has 0 fully saturated rings. The van der Waals surface area contributed by atoms with Gasteiger partial charge in [-0.3, -0.25) is 9.69 Å². The number of amides is 1. The smallest absolute Gasteiger partial charge is 0.272 e. The maximum Gasteiger partial charge on any atom is 0.272 e. The van der Waals surface area contributed by atoms with Gasteiger partial charge in [0.05, 0.1) is 12.8 Å². The zero-order chi connectivity index (χ0) is 30.1. The summed E-state index contributed by atoms with van der Waals surface area (Å²) in [4.78, 5) is 20.3. The monoisotopic (exact) mass is 589 g/mol. The summed E-state index contributed by atoms with van der Waals surface area (Å²) in [5.41, 5.74) is 14.0. The Balaban J connectivity index is 1.33. The number of aromatic nitrogens is 2. The number of nitrogens with zero attached hydrogens (tertiary/aromatic N) is 3. The molecular formula is C35H35N5O2S. The number of pyridine rings is 1. The molecule has 0 atom stereocenters. The van der Waals surface area contributed by atoms with Gasteiger partial charge in [0.25, 0.3) is 5.91 Å². The molecule has 3 N–H and O–H groups in total. The van der Waals surface area contributed by atoms with E-state index >= 15 is 0 Å². The van der Waals surface area contributed by atoms with Crippen molar-refractivity contribution in [1.29, 1.82) is 0 Å². The van der Waals surface area contributed by atoms with Gasteiger partial charge in [-0.15, -0.1) is 11.3 Å². The zero-order valence-corrected chi connectivity index (χ0v) is 25.7. The van der Waals surface area contributed by atoms with E-state index in [0.29, 0.717) is 22.9 Å². The molecule has 0 aliphatic heterocycles. The van der Waals surface area contributed by atoms with Crippen LogP contribution in [0.5, 0.6) is 5.75 Å². The first-order valence-electron chi connectivity index (χ1n) is 14.4. The second kappa shape index (κ2) is 11.9. The maximum absolute atomic E-state index is 13.3. The first-order valence-corrected chi connectivity index (χ1v) is 15.3. The number of carbonyl (C=O) groups excluding carboxylic acids is 1. The number of hydrogen-bond acceptors (Lipinski definition) is 6. The number of nitrogens with one attached hydrogen (secondary N) is 1. The van der Waals surface area contributed by atoms with Gasteiger partial charge in [0.2, 0.25) is 0 Å². The number of nitrogen functional groups attached to an aromatic ring is 1. The number of hydrogen-bond donors (Lipinski definition) is 2. The molecule has 0 saturated carbocycles. The first kappa shape index (κ1) is 28.5. The average Bonchev–Trinajstić information content (AvgIpc) is 3.63. The number of rotatable bonds is 9. The van der Waals surface area contributed by atoms with Crippen LogP contribution in [0.25, 0.3) is 43.2 Å². The Hall–Kier alpha value is -4.66. The molecule has 43 heavy (non-hydrogen) atoms. The minimum Gasteiger partial charge on any atom is -0.495 e. The fraction of sp³-hybridized carbons (Fsp3) is 0.200. The number of aryl methyl sites for hydroxylation is 1. The number of para-hydroxylation sites is 1. The molecule has 6 rings (SSSR count). The largest absolute Gasteiger partial charge is 0.495 e. The number of methoxy groups -OCH3 is 1. The molecule has 8 heteroatoms. The molecule has 3 aromatic carbocycles. The van der Waals surface area contributed by atoms with Gasteiger partial charge in [-0.1, -0.05) is 56.3 Å². The van der Waals surface area contributed by atoms with Crippen LogP contribution in [0.3, 0.4) is 0 Å². The highest BCUT2D eigenvalue weighted by atomic mass is 32.1. The maximum atomic E-state index is 13.3.